The molecule has 2 heteroatoms. The molecule has 1 aromatic heterocycles. The third-order valence-electron chi connectivity index (χ3n) is 0.749. The lowest BCUT2D eigenvalue weighted by molar-refractivity contribution is 1.39. The molecule has 7 heavy (non-hydrogen) atoms. The van der Waals surface area contributed by atoms with Crippen LogP contribution >= 0.6 is 12.2 Å². The molecule has 0 atom stereocenters. The van der Waals surface area contributed by atoms with Gasteiger partial charge in [0.15, 0.2) is 0 Å². The monoisotopic (exact) mass is 111 g/mol. The zero-order chi connectivity index (χ0) is 5.11. The number of thiocarbonyl (C=S) groups is 1. The van der Waals surface area contributed by atoms with Gasteiger partial charge in [0, 0.05) is 17.3 Å². The van der Waals surface area contributed by atoms with Gasteiger partial charge in [0.25, 0.3) is 0 Å². The molecule has 0 bridgehead atoms. The van der Waals surface area contributed by atoms with Crippen molar-refractivity contribution in [1.29, 1.82) is 0 Å². The van der Waals surface area contributed by atoms with Crippen molar-refractivity contribution in [2.45, 2.75) is 0 Å². The molecule has 0 saturated carbocycles. The van der Waals surface area contributed by atoms with Crippen LogP contribution in [0.25, 0.3) is 0 Å². The van der Waals surface area contributed by atoms with Gasteiger partial charge in [-0.2, -0.15) is 0 Å². The summed E-state index contributed by atoms with van der Waals surface area (Å²) in [6, 6.07) is 3.84. The number of hydrogen-bond donors (Lipinski definition) is 1. The van der Waals surface area contributed by atoms with Crippen molar-refractivity contribution in [2.24, 2.45) is 0 Å². The van der Waals surface area contributed by atoms with E-state index in [1.807, 2.05) is 18.3 Å². The maximum Gasteiger partial charge on any atom is 0.0489 e. The molecule has 0 aliphatic heterocycles. The van der Waals surface area contributed by atoms with E-state index in [2.05, 4.69) is 17.2 Å². The largest absolute Gasteiger partial charge is 0.361 e. The Morgan fingerprint density at radius 1 is 1.71 bits per heavy atom. The van der Waals surface area contributed by atoms with Crippen molar-refractivity contribution in [3.05, 3.63) is 24.0 Å². The smallest absolute Gasteiger partial charge is 0.0489 e. The first-order valence-corrected chi connectivity index (χ1v) is 2.49. The zero-order valence-electron chi connectivity index (χ0n) is 3.72. The Kier molecular flexibility index (Phi) is 1.22. The molecule has 0 saturated heterocycles. The molecule has 0 spiro atoms. The summed E-state index contributed by atoms with van der Waals surface area (Å²) in [5.74, 6) is 0. The first kappa shape index (κ1) is 4.53. The first-order valence-electron chi connectivity index (χ1n) is 2.02. The number of aromatic nitrogens is 1. The quantitative estimate of drug-likeness (QED) is 0.541. The van der Waals surface area contributed by atoms with Crippen LogP contribution in [0.3, 0.4) is 0 Å². The normalized spacial score (nSPS) is 8.57. The lowest BCUT2D eigenvalue weighted by atomic mass is 10.5. The van der Waals surface area contributed by atoms with E-state index in [9.17, 15) is 0 Å². The number of hydrogen-bond acceptors (Lipinski definition) is 1. The van der Waals surface area contributed by atoms with E-state index in [1.54, 1.807) is 5.37 Å². The van der Waals surface area contributed by atoms with Gasteiger partial charge in [-0.05, 0) is 12.1 Å². The second kappa shape index (κ2) is 1.89. The van der Waals surface area contributed by atoms with Crippen LogP contribution in [0.1, 0.15) is 5.69 Å². The summed E-state index contributed by atoms with van der Waals surface area (Å²) in [6.07, 6.45) is 1.85. The SMILES string of the molecule is S=Cc1ccc[nH]1. The van der Waals surface area contributed by atoms with Crippen LogP contribution < -0.4 is 0 Å². The van der Waals surface area contributed by atoms with Crippen LogP contribution in [-0.4, -0.2) is 10.4 Å². The van der Waals surface area contributed by atoms with Gasteiger partial charge in [-0.15, -0.1) is 0 Å². The van der Waals surface area contributed by atoms with Crippen molar-refractivity contribution in [1.82, 2.24) is 4.98 Å². The highest BCUT2D eigenvalue weighted by Crippen LogP contribution is 1.87. The molecule has 1 N–H and O–H groups in total. The van der Waals surface area contributed by atoms with E-state index < -0.39 is 0 Å². The van der Waals surface area contributed by atoms with Gasteiger partial charge < -0.3 is 4.98 Å². The lowest BCUT2D eigenvalue weighted by Gasteiger charge is -1.72. The molecule has 0 unspecified atom stereocenters. The van der Waals surface area contributed by atoms with Crippen molar-refractivity contribution >= 4 is 17.6 Å². The Labute approximate surface area is 47.4 Å². The summed E-state index contributed by atoms with van der Waals surface area (Å²) in [5, 5.41) is 1.61. The Hall–Kier alpha value is -0.630. The van der Waals surface area contributed by atoms with Crippen LogP contribution in [0.5, 0.6) is 0 Å². The molecule has 0 aliphatic rings. The standard InChI is InChI=1S/C5H5NS/c7-4-5-2-1-3-6-5/h1-4,6H. The van der Waals surface area contributed by atoms with Crippen molar-refractivity contribution in [3.8, 4) is 0 Å². The van der Waals surface area contributed by atoms with Crippen LogP contribution in [0.2, 0.25) is 0 Å². The highest BCUT2D eigenvalue weighted by molar-refractivity contribution is 7.79. The predicted octanol–water partition coefficient (Wildman–Crippen LogP) is 1.36. The number of rotatable bonds is 1. The second-order valence-electron chi connectivity index (χ2n) is 1.24. The average Bonchev–Trinajstić information content (AvgIpc) is 2.14. The number of nitrogens with one attached hydrogen (secondary N) is 1. The topological polar surface area (TPSA) is 15.8 Å². The van der Waals surface area contributed by atoms with Crippen molar-refractivity contribution in [3.63, 3.8) is 0 Å². The fraction of sp³-hybridized carbons (Fsp3) is 0. The molecule has 36 valence electrons. The molecule has 1 rings (SSSR count). The molecule has 1 heterocycles. The summed E-state index contributed by atoms with van der Waals surface area (Å²) in [7, 11) is 0. The molecule has 0 aromatic carbocycles. The fourth-order valence-corrected chi connectivity index (χ4v) is 0.564. The Bertz CT molecular complexity index is 143. The summed E-state index contributed by atoms with van der Waals surface area (Å²) in [5.41, 5.74) is 0.995. The molecule has 0 amide bonds. The zero-order valence-corrected chi connectivity index (χ0v) is 4.53. The molecule has 1 nitrogen and oxygen atoms in total. The first-order chi connectivity index (χ1) is 3.43. The van der Waals surface area contributed by atoms with Crippen LogP contribution in [0, 0.1) is 0 Å². The van der Waals surface area contributed by atoms with E-state index in [0.717, 1.165) is 5.69 Å². The van der Waals surface area contributed by atoms with E-state index >= 15 is 0 Å². The minimum Gasteiger partial charge on any atom is -0.361 e. The highest BCUT2D eigenvalue weighted by atomic mass is 32.1. The fourth-order valence-electron chi connectivity index (χ4n) is 0.418. The van der Waals surface area contributed by atoms with Gasteiger partial charge in [-0.3, -0.25) is 0 Å². The maximum absolute atomic E-state index is 4.62. The molecule has 1 aromatic rings. The molecule has 0 aliphatic carbocycles. The summed E-state index contributed by atoms with van der Waals surface area (Å²) < 4.78 is 0. The van der Waals surface area contributed by atoms with Gasteiger partial charge in [0.05, 0.1) is 0 Å². The minimum atomic E-state index is 0.995. The molecular weight excluding hydrogens is 106 g/mol. The summed E-state index contributed by atoms with van der Waals surface area (Å²) >= 11 is 4.62. The Morgan fingerprint density at radius 3 is 2.86 bits per heavy atom. The van der Waals surface area contributed by atoms with Crippen LogP contribution in [-0.2, 0) is 0 Å². The average molecular weight is 111 g/mol. The summed E-state index contributed by atoms with van der Waals surface area (Å²) in [6.45, 7) is 0. The third kappa shape index (κ3) is 0.871. The van der Waals surface area contributed by atoms with Crippen LogP contribution in [0.4, 0.5) is 0 Å². The van der Waals surface area contributed by atoms with E-state index in [-0.39, 0.29) is 0 Å². The van der Waals surface area contributed by atoms with Gasteiger partial charge in [-0.25, -0.2) is 0 Å². The number of H-pyrrole nitrogens is 1. The minimum absolute atomic E-state index is 0.995. The van der Waals surface area contributed by atoms with Gasteiger partial charge in [0.2, 0.25) is 0 Å². The molecular formula is C5H5NS. The van der Waals surface area contributed by atoms with Gasteiger partial charge >= 0.3 is 0 Å². The van der Waals surface area contributed by atoms with Crippen LogP contribution in [0.15, 0.2) is 18.3 Å². The van der Waals surface area contributed by atoms with E-state index in [0.29, 0.717) is 0 Å². The second-order valence-corrected chi connectivity index (χ2v) is 1.48. The van der Waals surface area contributed by atoms with Gasteiger partial charge in [-0.1, -0.05) is 12.2 Å². The highest BCUT2D eigenvalue weighted by Gasteiger charge is 1.78. The Balaban J connectivity index is 2.96. The summed E-state index contributed by atoms with van der Waals surface area (Å²) in [4.78, 5) is 2.93. The molecule has 0 fully saturated rings. The predicted molar refractivity (Wildman–Crippen MR) is 33.5 cm³/mol. The van der Waals surface area contributed by atoms with Crippen molar-refractivity contribution in [2.75, 3.05) is 0 Å². The third-order valence-corrected chi connectivity index (χ3v) is 1.00. The van der Waals surface area contributed by atoms with Gasteiger partial charge in [0.1, 0.15) is 0 Å². The van der Waals surface area contributed by atoms with E-state index in [1.165, 1.54) is 0 Å². The molecule has 0 radical (unpaired) electrons. The Morgan fingerprint density at radius 2 is 2.57 bits per heavy atom. The van der Waals surface area contributed by atoms with E-state index in [4.69, 9.17) is 0 Å². The maximum atomic E-state index is 4.62. The lowest BCUT2D eigenvalue weighted by Crippen LogP contribution is -1.70. The van der Waals surface area contributed by atoms with Crippen molar-refractivity contribution < 1.29 is 0 Å². The number of aromatic amines is 1.